The minimum absolute atomic E-state index is 0.0637. The van der Waals surface area contributed by atoms with Gasteiger partial charge in [0.05, 0.1) is 5.69 Å². The van der Waals surface area contributed by atoms with E-state index in [2.05, 4.69) is 20.7 Å². The molecule has 0 aliphatic rings. The number of fused-ring (bicyclic) bond motifs is 1. The normalized spacial score (nSPS) is 10.9. The van der Waals surface area contributed by atoms with Crippen LogP contribution in [0, 0.1) is 20.8 Å². The molecule has 2 N–H and O–H groups in total. The van der Waals surface area contributed by atoms with E-state index < -0.39 is 0 Å². The van der Waals surface area contributed by atoms with Crippen LogP contribution in [0.1, 0.15) is 42.4 Å². The maximum absolute atomic E-state index is 12.4. The van der Waals surface area contributed by atoms with Gasteiger partial charge in [-0.3, -0.25) is 9.59 Å². The third-order valence-electron chi connectivity index (χ3n) is 4.64. The largest absolute Gasteiger partial charge is 0.326 e. The van der Waals surface area contributed by atoms with Gasteiger partial charge in [-0.2, -0.15) is 5.10 Å². The van der Waals surface area contributed by atoms with Crippen LogP contribution in [-0.2, 0) is 16.0 Å². The quantitative estimate of drug-likeness (QED) is 0.685. The third-order valence-corrected chi connectivity index (χ3v) is 4.64. The van der Waals surface area contributed by atoms with Crippen molar-refractivity contribution < 1.29 is 9.59 Å². The molecule has 7 nitrogen and oxygen atoms in total. The molecule has 28 heavy (non-hydrogen) atoms. The molecular weight excluding hydrogens is 354 g/mol. The number of nitrogens with one attached hydrogen (secondary N) is 2. The smallest absolute Gasteiger partial charge is 0.224 e. The SMILES string of the molecule is CCC(=O)Nc1cccc(NC(=O)CCc2c(C)nc3cc(C)nn3c2C)c1. The molecule has 1 aromatic carbocycles. The molecule has 0 saturated carbocycles. The second-order valence-corrected chi connectivity index (χ2v) is 6.85. The van der Waals surface area contributed by atoms with E-state index in [0.717, 1.165) is 28.3 Å². The van der Waals surface area contributed by atoms with Crippen molar-refractivity contribution in [2.75, 3.05) is 10.6 Å². The van der Waals surface area contributed by atoms with Crippen molar-refractivity contribution in [1.29, 1.82) is 0 Å². The second-order valence-electron chi connectivity index (χ2n) is 6.85. The van der Waals surface area contributed by atoms with Crippen molar-refractivity contribution in [3.8, 4) is 0 Å². The summed E-state index contributed by atoms with van der Waals surface area (Å²) in [5.41, 5.74) is 6.03. The van der Waals surface area contributed by atoms with E-state index in [-0.39, 0.29) is 11.8 Å². The minimum atomic E-state index is -0.0884. The first-order valence-corrected chi connectivity index (χ1v) is 9.39. The maximum Gasteiger partial charge on any atom is 0.224 e. The van der Waals surface area contributed by atoms with Crippen LogP contribution in [0.4, 0.5) is 11.4 Å². The van der Waals surface area contributed by atoms with Gasteiger partial charge < -0.3 is 10.6 Å². The van der Waals surface area contributed by atoms with Gasteiger partial charge in [0, 0.05) is 41.7 Å². The number of benzene rings is 1. The van der Waals surface area contributed by atoms with Gasteiger partial charge in [-0.15, -0.1) is 0 Å². The number of nitrogens with zero attached hydrogens (tertiary/aromatic N) is 3. The van der Waals surface area contributed by atoms with Crippen molar-refractivity contribution in [3.63, 3.8) is 0 Å². The average Bonchev–Trinajstić information content (AvgIpc) is 3.02. The average molecular weight is 379 g/mol. The monoisotopic (exact) mass is 379 g/mol. The minimum Gasteiger partial charge on any atom is -0.326 e. The molecule has 0 aliphatic carbocycles. The highest BCUT2D eigenvalue weighted by atomic mass is 16.2. The molecule has 0 bridgehead atoms. The van der Waals surface area contributed by atoms with Crippen molar-refractivity contribution in [2.24, 2.45) is 0 Å². The zero-order valence-corrected chi connectivity index (χ0v) is 16.7. The van der Waals surface area contributed by atoms with Gasteiger partial charge in [0.1, 0.15) is 0 Å². The van der Waals surface area contributed by atoms with E-state index >= 15 is 0 Å². The molecule has 3 aromatic rings. The van der Waals surface area contributed by atoms with Gasteiger partial charge in [-0.1, -0.05) is 13.0 Å². The van der Waals surface area contributed by atoms with Crippen LogP contribution in [0.5, 0.6) is 0 Å². The summed E-state index contributed by atoms with van der Waals surface area (Å²) in [6.45, 7) is 7.69. The molecule has 3 rings (SSSR count). The Morgan fingerprint density at radius 2 is 1.71 bits per heavy atom. The molecule has 0 fully saturated rings. The predicted molar refractivity (Wildman–Crippen MR) is 110 cm³/mol. The molecule has 2 amide bonds. The number of aromatic nitrogens is 3. The highest BCUT2D eigenvalue weighted by molar-refractivity contribution is 5.94. The number of aryl methyl sites for hydroxylation is 3. The first kappa shape index (κ1) is 19.5. The summed E-state index contributed by atoms with van der Waals surface area (Å²) >= 11 is 0. The van der Waals surface area contributed by atoms with Crippen molar-refractivity contribution >= 4 is 28.8 Å². The summed E-state index contributed by atoms with van der Waals surface area (Å²) in [6.07, 6.45) is 1.32. The fourth-order valence-electron chi connectivity index (χ4n) is 3.19. The molecule has 7 heteroatoms. The number of amides is 2. The molecule has 0 unspecified atom stereocenters. The van der Waals surface area contributed by atoms with Crippen LogP contribution >= 0.6 is 0 Å². The Hall–Kier alpha value is -3.22. The lowest BCUT2D eigenvalue weighted by Crippen LogP contribution is -2.15. The van der Waals surface area contributed by atoms with Crippen LogP contribution < -0.4 is 10.6 Å². The van der Waals surface area contributed by atoms with E-state index in [1.165, 1.54) is 0 Å². The van der Waals surface area contributed by atoms with Gasteiger partial charge in [0.15, 0.2) is 5.65 Å². The first-order valence-electron chi connectivity index (χ1n) is 9.39. The van der Waals surface area contributed by atoms with E-state index in [0.29, 0.717) is 30.6 Å². The fourth-order valence-corrected chi connectivity index (χ4v) is 3.19. The van der Waals surface area contributed by atoms with E-state index in [1.807, 2.05) is 31.4 Å². The highest BCUT2D eigenvalue weighted by Gasteiger charge is 2.13. The van der Waals surface area contributed by atoms with Crippen LogP contribution in [-0.4, -0.2) is 26.4 Å². The van der Waals surface area contributed by atoms with E-state index in [9.17, 15) is 9.59 Å². The summed E-state index contributed by atoms with van der Waals surface area (Å²) < 4.78 is 1.83. The number of hydrogen-bond donors (Lipinski definition) is 2. The molecule has 146 valence electrons. The molecule has 0 radical (unpaired) electrons. The Labute approximate surface area is 164 Å². The first-order chi connectivity index (χ1) is 13.4. The third kappa shape index (κ3) is 4.36. The van der Waals surface area contributed by atoms with Crippen molar-refractivity contribution in [2.45, 2.75) is 47.0 Å². The molecule has 0 aliphatic heterocycles. The zero-order valence-electron chi connectivity index (χ0n) is 16.7. The summed E-state index contributed by atoms with van der Waals surface area (Å²) in [6, 6.07) is 9.09. The van der Waals surface area contributed by atoms with Gasteiger partial charge in [-0.05, 0) is 51.0 Å². The Morgan fingerprint density at radius 3 is 2.39 bits per heavy atom. The summed E-state index contributed by atoms with van der Waals surface area (Å²) in [5, 5.41) is 10.1. The highest BCUT2D eigenvalue weighted by Crippen LogP contribution is 2.19. The maximum atomic E-state index is 12.4. The van der Waals surface area contributed by atoms with E-state index in [4.69, 9.17) is 0 Å². The Kier molecular flexibility index (Phi) is 5.73. The number of rotatable bonds is 6. The Balaban J connectivity index is 1.67. The molecule has 2 aromatic heterocycles. The van der Waals surface area contributed by atoms with Crippen LogP contribution in [0.2, 0.25) is 0 Å². The molecule has 0 atom stereocenters. The summed E-state index contributed by atoms with van der Waals surface area (Å²) in [4.78, 5) is 28.5. The lowest BCUT2D eigenvalue weighted by Gasteiger charge is -2.12. The number of anilines is 2. The molecule has 0 spiro atoms. The standard InChI is InChI=1S/C21H25N5O2/c1-5-20(27)23-16-7-6-8-17(12-16)24-21(28)10-9-18-14(3)22-19-11-13(2)25-26(19)15(18)4/h6-8,11-12H,5,9-10H2,1-4H3,(H,23,27)(H,24,28). The second kappa shape index (κ2) is 8.21. The van der Waals surface area contributed by atoms with Crippen molar-refractivity contribution in [3.05, 3.63) is 53.0 Å². The van der Waals surface area contributed by atoms with E-state index in [1.54, 1.807) is 31.2 Å². The van der Waals surface area contributed by atoms with Gasteiger partial charge in [0.2, 0.25) is 11.8 Å². The Bertz CT molecular complexity index is 1040. The zero-order chi connectivity index (χ0) is 20.3. The number of carbonyl (C=O) groups is 2. The molecule has 0 saturated heterocycles. The molecular formula is C21H25N5O2. The van der Waals surface area contributed by atoms with Crippen LogP contribution in [0.15, 0.2) is 30.3 Å². The fraction of sp³-hybridized carbons (Fsp3) is 0.333. The predicted octanol–water partition coefficient (Wildman–Crippen LogP) is 3.57. The molecule has 2 heterocycles. The van der Waals surface area contributed by atoms with Gasteiger partial charge in [-0.25, -0.2) is 9.50 Å². The lowest BCUT2D eigenvalue weighted by atomic mass is 10.1. The topological polar surface area (TPSA) is 88.4 Å². The Morgan fingerprint density at radius 1 is 1.04 bits per heavy atom. The van der Waals surface area contributed by atoms with Crippen LogP contribution in [0.3, 0.4) is 0 Å². The van der Waals surface area contributed by atoms with Gasteiger partial charge in [0.25, 0.3) is 0 Å². The van der Waals surface area contributed by atoms with Crippen LogP contribution in [0.25, 0.3) is 5.65 Å². The number of carbonyl (C=O) groups excluding carboxylic acids is 2. The van der Waals surface area contributed by atoms with Gasteiger partial charge >= 0.3 is 0 Å². The number of hydrogen-bond acceptors (Lipinski definition) is 4. The lowest BCUT2D eigenvalue weighted by molar-refractivity contribution is -0.116. The summed E-state index contributed by atoms with van der Waals surface area (Å²) in [5.74, 6) is -0.152. The van der Waals surface area contributed by atoms with Crippen molar-refractivity contribution in [1.82, 2.24) is 14.6 Å². The summed E-state index contributed by atoms with van der Waals surface area (Å²) in [7, 11) is 0.